The smallest absolute Gasteiger partial charge is 0.407 e. The van der Waals surface area contributed by atoms with E-state index in [-0.39, 0.29) is 37.3 Å². The molecule has 0 saturated carbocycles. The average molecular weight is 553 g/mol. The minimum Gasteiger partial charge on any atom is -0.450 e. The Morgan fingerprint density at radius 2 is 1.95 bits per heavy atom. The number of amides is 3. The number of aliphatic imine (C=N–C) groups is 1. The Hall–Kier alpha value is -3.34. The fraction of sp³-hybridized carbons (Fsp3) is 0.577. The maximum atomic E-state index is 14.1. The normalized spacial score (nSPS) is 16.8. The largest absolute Gasteiger partial charge is 0.450 e. The van der Waals surface area contributed by atoms with Crippen LogP contribution < -0.4 is 22.1 Å². The Morgan fingerprint density at radius 3 is 2.55 bits per heavy atom. The van der Waals surface area contributed by atoms with Gasteiger partial charge in [-0.25, -0.2) is 4.79 Å². The van der Waals surface area contributed by atoms with Crippen molar-refractivity contribution in [2.24, 2.45) is 16.5 Å². The molecule has 0 radical (unpaired) electrons. The summed E-state index contributed by atoms with van der Waals surface area (Å²) >= 11 is 0. The molecule has 1 aromatic carbocycles. The zero-order valence-corrected chi connectivity index (χ0v) is 23.0. The van der Waals surface area contributed by atoms with Gasteiger partial charge in [-0.05, 0) is 44.6 Å². The number of hydrogen-bond donors (Lipinski definition) is 4. The van der Waals surface area contributed by atoms with E-state index in [0.29, 0.717) is 57.9 Å². The first-order valence-corrected chi connectivity index (χ1v) is 12.9. The highest BCUT2D eigenvalue weighted by Crippen LogP contribution is 2.28. The first-order valence-electron chi connectivity index (χ1n) is 12.9. The number of likely N-dealkylation sites (tertiary alicyclic amines) is 1. The molecule has 0 aliphatic carbocycles. The quantitative estimate of drug-likeness (QED) is 0.118. The molecule has 2 rings (SSSR count). The van der Waals surface area contributed by atoms with E-state index in [9.17, 15) is 19.2 Å². The molecule has 1 aliphatic heterocycles. The summed E-state index contributed by atoms with van der Waals surface area (Å²) in [7, 11) is 0. The molecule has 1 aliphatic rings. The van der Waals surface area contributed by atoms with Gasteiger partial charge in [0.1, 0.15) is 17.9 Å². The lowest BCUT2D eigenvalue weighted by atomic mass is 9.84. The van der Waals surface area contributed by atoms with Crippen LogP contribution in [0.25, 0.3) is 0 Å². The number of carbonyl (C=O) groups excluding carboxylic acids is 4. The number of aldehydes is 1. The van der Waals surface area contributed by atoms with Gasteiger partial charge in [0.2, 0.25) is 11.8 Å². The molecule has 12 heteroatoms. The SMILES string of the molecule is CCC[C@@](Cc1ccccc1)(NC(=O)OCC)C(=O)N1CCC[C@H]1C(=O)N[C@H](C=O)CCCN=C(N)N.Cl. The molecule has 0 aromatic heterocycles. The van der Waals surface area contributed by atoms with Crippen LogP contribution in [0.5, 0.6) is 0 Å². The second-order valence-corrected chi connectivity index (χ2v) is 9.20. The zero-order chi connectivity index (χ0) is 27.3. The molecule has 1 aromatic rings. The van der Waals surface area contributed by atoms with Crippen molar-refractivity contribution in [3.63, 3.8) is 0 Å². The van der Waals surface area contributed by atoms with Gasteiger partial charge in [0.15, 0.2) is 5.96 Å². The van der Waals surface area contributed by atoms with Crippen LogP contribution in [-0.2, 0) is 25.5 Å². The van der Waals surface area contributed by atoms with Crippen LogP contribution in [0.1, 0.15) is 57.9 Å². The molecule has 3 atom stereocenters. The summed E-state index contributed by atoms with van der Waals surface area (Å²) in [5.74, 6) is -0.764. The highest BCUT2D eigenvalue weighted by molar-refractivity contribution is 5.95. The van der Waals surface area contributed by atoms with Crippen LogP contribution in [-0.4, -0.2) is 72.4 Å². The second-order valence-electron chi connectivity index (χ2n) is 9.20. The number of nitrogens with one attached hydrogen (secondary N) is 2. The van der Waals surface area contributed by atoms with Crippen molar-refractivity contribution in [3.8, 4) is 0 Å². The number of hydrogen-bond acceptors (Lipinski definition) is 6. The highest BCUT2D eigenvalue weighted by atomic mass is 35.5. The van der Waals surface area contributed by atoms with Crippen LogP contribution in [0, 0.1) is 0 Å². The Labute approximate surface area is 230 Å². The third-order valence-electron chi connectivity index (χ3n) is 6.33. The maximum Gasteiger partial charge on any atom is 0.407 e. The summed E-state index contributed by atoms with van der Waals surface area (Å²) in [6, 6.07) is 7.96. The lowest BCUT2D eigenvalue weighted by Crippen LogP contribution is -2.63. The monoisotopic (exact) mass is 552 g/mol. The van der Waals surface area contributed by atoms with Gasteiger partial charge in [0.25, 0.3) is 0 Å². The molecular formula is C26H41ClN6O5. The summed E-state index contributed by atoms with van der Waals surface area (Å²) in [4.78, 5) is 56.9. The predicted octanol–water partition coefficient (Wildman–Crippen LogP) is 1.66. The fourth-order valence-electron chi connectivity index (χ4n) is 4.69. The summed E-state index contributed by atoms with van der Waals surface area (Å²) in [6.07, 6.45) is 3.21. The van der Waals surface area contributed by atoms with E-state index in [1.807, 2.05) is 37.3 Å². The number of nitrogens with two attached hydrogens (primary N) is 2. The van der Waals surface area contributed by atoms with Crippen LogP contribution in [0.3, 0.4) is 0 Å². The molecule has 0 bridgehead atoms. The van der Waals surface area contributed by atoms with E-state index < -0.39 is 29.6 Å². The molecule has 11 nitrogen and oxygen atoms in total. The maximum absolute atomic E-state index is 14.1. The third-order valence-corrected chi connectivity index (χ3v) is 6.33. The molecular weight excluding hydrogens is 512 g/mol. The number of ether oxygens (including phenoxy) is 1. The van der Waals surface area contributed by atoms with Gasteiger partial charge in [0.05, 0.1) is 12.6 Å². The molecule has 0 unspecified atom stereocenters. The molecule has 1 saturated heterocycles. The fourth-order valence-corrected chi connectivity index (χ4v) is 4.69. The van der Waals surface area contributed by atoms with Gasteiger partial charge in [-0.1, -0.05) is 43.7 Å². The summed E-state index contributed by atoms with van der Waals surface area (Å²) in [5, 5.41) is 5.59. The van der Waals surface area contributed by atoms with Gasteiger partial charge >= 0.3 is 6.09 Å². The van der Waals surface area contributed by atoms with Gasteiger partial charge in [-0.15, -0.1) is 12.4 Å². The van der Waals surface area contributed by atoms with Crippen molar-refractivity contribution in [3.05, 3.63) is 35.9 Å². The van der Waals surface area contributed by atoms with E-state index in [1.54, 1.807) is 6.92 Å². The van der Waals surface area contributed by atoms with Crippen LogP contribution in [0.4, 0.5) is 4.79 Å². The molecule has 38 heavy (non-hydrogen) atoms. The van der Waals surface area contributed by atoms with Gasteiger partial charge in [-0.2, -0.15) is 0 Å². The Kier molecular flexibility index (Phi) is 14.2. The number of carbonyl (C=O) groups is 4. The van der Waals surface area contributed by atoms with Crippen LogP contribution >= 0.6 is 12.4 Å². The Morgan fingerprint density at radius 1 is 1.24 bits per heavy atom. The minimum atomic E-state index is -1.28. The molecule has 0 spiro atoms. The predicted molar refractivity (Wildman–Crippen MR) is 148 cm³/mol. The number of alkyl carbamates (subject to hydrolysis) is 1. The topological polar surface area (TPSA) is 169 Å². The number of guanidine groups is 1. The molecule has 6 N–H and O–H groups in total. The van der Waals surface area contributed by atoms with Crippen molar-refractivity contribution in [1.82, 2.24) is 15.5 Å². The molecule has 1 fully saturated rings. The number of rotatable bonds is 14. The molecule has 3 amide bonds. The molecule has 1 heterocycles. The summed E-state index contributed by atoms with van der Waals surface area (Å²) in [6.45, 7) is 4.51. The van der Waals surface area contributed by atoms with Crippen molar-refractivity contribution in [2.45, 2.75) is 76.4 Å². The van der Waals surface area contributed by atoms with E-state index in [1.165, 1.54) is 4.90 Å². The van der Waals surface area contributed by atoms with Crippen molar-refractivity contribution in [2.75, 3.05) is 19.7 Å². The van der Waals surface area contributed by atoms with Crippen molar-refractivity contribution >= 4 is 42.6 Å². The Balaban J connectivity index is 0.00000722. The number of benzene rings is 1. The van der Waals surface area contributed by atoms with E-state index >= 15 is 0 Å². The van der Waals surface area contributed by atoms with E-state index in [4.69, 9.17) is 16.2 Å². The summed E-state index contributed by atoms with van der Waals surface area (Å²) in [5.41, 5.74) is 10.2. The third kappa shape index (κ3) is 9.51. The summed E-state index contributed by atoms with van der Waals surface area (Å²) < 4.78 is 5.13. The lowest BCUT2D eigenvalue weighted by Gasteiger charge is -2.38. The number of nitrogens with zero attached hydrogens (tertiary/aromatic N) is 2. The van der Waals surface area contributed by atoms with Crippen LogP contribution in [0.15, 0.2) is 35.3 Å². The van der Waals surface area contributed by atoms with Crippen LogP contribution in [0.2, 0.25) is 0 Å². The average Bonchev–Trinajstić information content (AvgIpc) is 3.36. The van der Waals surface area contributed by atoms with Crippen molar-refractivity contribution < 1.29 is 23.9 Å². The Bertz CT molecular complexity index is 943. The molecule has 212 valence electrons. The van der Waals surface area contributed by atoms with E-state index in [0.717, 1.165) is 5.56 Å². The van der Waals surface area contributed by atoms with Gasteiger partial charge in [-0.3, -0.25) is 14.6 Å². The zero-order valence-electron chi connectivity index (χ0n) is 22.2. The number of halogens is 1. The standard InChI is InChI=1S/C26H40N6O5.ClH/c1-3-14-26(31-25(36)37-4-2,17-19-10-6-5-7-11-19)23(35)32-16-9-13-21(32)22(34)30-20(18-33)12-8-15-29-24(27)28;/h5-7,10-11,18,20-21H,3-4,8-9,12-17H2,1-2H3,(H,30,34)(H,31,36)(H4,27,28,29);1H/t20-,21-,26-;/m0./s1. The highest BCUT2D eigenvalue weighted by Gasteiger charge is 2.47. The minimum absolute atomic E-state index is 0. The van der Waals surface area contributed by atoms with Gasteiger partial charge < -0.3 is 36.5 Å². The first-order chi connectivity index (χ1) is 17.8. The van der Waals surface area contributed by atoms with E-state index in [2.05, 4.69) is 15.6 Å². The van der Waals surface area contributed by atoms with Gasteiger partial charge in [0, 0.05) is 19.5 Å². The lowest BCUT2D eigenvalue weighted by molar-refractivity contribution is -0.144. The second kappa shape index (κ2) is 16.5. The van der Waals surface area contributed by atoms with Crippen molar-refractivity contribution in [1.29, 1.82) is 0 Å². The first kappa shape index (κ1) is 32.7.